The van der Waals surface area contributed by atoms with E-state index in [-0.39, 0.29) is 4.90 Å². The SMILES string of the molecule is COc1cc(N2CC3CN(C)CC3C2)ccc1-c1ccccc1.Cc1ccc(S(=O)(=O)O)cc1. The van der Waals surface area contributed by atoms with Crippen molar-refractivity contribution < 1.29 is 17.7 Å². The highest BCUT2D eigenvalue weighted by atomic mass is 32.2. The van der Waals surface area contributed by atoms with E-state index in [4.69, 9.17) is 9.29 Å². The number of benzene rings is 3. The predicted molar refractivity (Wildman–Crippen MR) is 136 cm³/mol. The minimum Gasteiger partial charge on any atom is -0.496 e. The van der Waals surface area contributed by atoms with E-state index in [1.165, 1.54) is 49.6 Å². The molecule has 5 rings (SSSR count). The second kappa shape index (κ2) is 10.2. The van der Waals surface area contributed by atoms with Gasteiger partial charge in [0.05, 0.1) is 12.0 Å². The van der Waals surface area contributed by atoms with Gasteiger partial charge in [-0.2, -0.15) is 8.42 Å². The second-order valence-corrected chi connectivity index (χ2v) is 10.6. The first kappa shape index (κ1) is 24.3. The highest BCUT2D eigenvalue weighted by molar-refractivity contribution is 7.85. The third-order valence-corrected chi connectivity index (χ3v) is 7.49. The largest absolute Gasteiger partial charge is 0.496 e. The van der Waals surface area contributed by atoms with E-state index in [1.807, 2.05) is 13.0 Å². The molecule has 0 aromatic heterocycles. The van der Waals surface area contributed by atoms with Gasteiger partial charge >= 0.3 is 0 Å². The van der Waals surface area contributed by atoms with Crippen molar-refractivity contribution in [2.45, 2.75) is 11.8 Å². The zero-order valence-corrected chi connectivity index (χ0v) is 20.7. The van der Waals surface area contributed by atoms with Gasteiger partial charge in [0.25, 0.3) is 10.1 Å². The fourth-order valence-electron chi connectivity index (χ4n) is 4.88. The Balaban J connectivity index is 0.000000210. The molecule has 2 atom stereocenters. The van der Waals surface area contributed by atoms with Crippen LogP contribution in [0.4, 0.5) is 5.69 Å². The molecule has 6 nitrogen and oxygen atoms in total. The molecule has 180 valence electrons. The molecule has 0 amide bonds. The first-order chi connectivity index (χ1) is 16.2. The third-order valence-electron chi connectivity index (χ3n) is 6.62. The van der Waals surface area contributed by atoms with Crippen LogP contribution in [0.3, 0.4) is 0 Å². The van der Waals surface area contributed by atoms with E-state index in [0.717, 1.165) is 28.7 Å². The van der Waals surface area contributed by atoms with Crippen molar-refractivity contribution in [3.05, 3.63) is 78.4 Å². The van der Waals surface area contributed by atoms with Crippen molar-refractivity contribution in [2.75, 3.05) is 45.2 Å². The van der Waals surface area contributed by atoms with Crippen molar-refractivity contribution >= 4 is 15.8 Å². The van der Waals surface area contributed by atoms with E-state index in [1.54, 1.807) is 19.2 Å². The Morgan fingerprint density at radius 2 is 1.50 bits per heavy atom. The van der Waals surface area contributed by atoms with Gasteiger partial charge < -0.3 is 14.5 Å². The lowest BCUT2D eigenvalue weighted by molar-refractivity contribution is 0.387. The van der Waals surface area contributed by atoms with Crippen LogP contribution in [0.25, 0.3) is 11.1 Å². The summed E-state index contributed by atoms with van der Waals surface area (Å²) in [5.41, 5.74) is 4.61. The van der Waals surface area contributed by atoms with Crippen molar-refractivity contribution in [3.63, 3.8) is 0 Å². The topological polar surface area (TPSA) is 70.1 Å². The van der Waals surface area contributed by atoms with E-state index in [9.17, 15) is 8.42 Å². The maximum Gasteiger partial charge on any atom is 0.294 e. The number of anilines is 1. The molecule has 2 fully saturated rings. The summed E-state index contributed by atoms with van der Waals surface area (Å²) in [5, 5.41) is 0. The van der Waals surface area contributed by atoms with E-state index >= 15 is 0 Å². The number of hydrogen-bond donors (Lipinski definition) is 1. The number of aryl methyl sites for hydroxylation is 1. The molecule has 2 unspecified atom stereocenters. The maximum absolute atomic E-state index is 10.5. The number of ether oxygens (including phenoxy) is 1. The summed E-state index contributed by atoms with van der Waals surface area (Å²) in [5.74, 6) is 2.60. The molecular formula is C27H32N2O4S. The van der Waals surface area contributed by atoms with Crippen molar-refractivity contribution in [2.24, 2.45) is 11.8 Å². The van der Waals surface area contributed by atoms with Crippen LogP contribution < -0.4 is 9.64 Å². The quantitative estimate of drug-likeness (QED) is 0.551. The number of methoxy groups -OCH3 is 1. The van der Waals surface area contributed by atoms with E-state index < -0.39 is 10.1 Å². The van der Waals surface area contributed by atoms with Crippen LogP contribution in [-0.4, -0.2) is 58.2 Å². The van der Waals surface area contributed by atoms with Gasteiger partial charge in [-0.1, -0.05) is 48.0 Å². The van der Waals surface area contributed by atoms with Gasteiger partial charge in [-0.25, -0.2) is 0 Å². The molecule has 2 saturated heterocycles. The van der Waals surface area contributed by atoms with Crippen molar-refractivity contribution in [3.8, 4) is 16.9 Å². The van der Waals surface area contributed by atoms with Crippen LogP contribution >= 0.6 is 0 Å². The zero-order valence-electron chi connectivity index (χ0n) is 19.9. The minimum absolute atomic E-state index is 0.0666. The summed E-state index contributed by atoms with van der Waals surface area (Å²) in [6, 6.07) is 23.1. The molecule has 34 heavy (non-hydrogen) atoms. The summed E-state index contributed by atoms with van der Waals surface area (Å²) in [4.78, 5) is 4.92. The average molecular weight is 481 g/mol. The normalized spacial score (nSPS) is 19.9. The van der Waals surface area contributed by atoms with Gasteiger partial charge in [0.15, 0.2) is 0 Å². The van der Waals surface area contributed by atoms with Crippen LogP contribution in [0.1, 0.15) is 5.56 Å². The molecular weight excluding hydrogens is 448 g/mol. The average Bonchev–Trinajstić information content (AvgIpc) is 3.37. The number of rotatable bonds is 4. The van der Waals surface area contributed by atoms with Crippen LogP contribution in [0.15, 0.2) is 77.7 Å². The monoisotopic (exact) mass is 480 g/mol. The lowest BCUT2D eigenvalue weighted by Gasteiger charge is -2.22. The van der Waals surface area contributed by atoms with Gasteiger partial charge in [-0.3, -0.25) is 4.55 Å². The first-order valence-corrected chi connectivity index (χ1v) is 12.9. The number of nitrogens with zero attached hydrogens (tertiary/aromatic N) is 2. The van der Waals surface area contributed by atoms with E-state index in [0.29, 0.717) is 0 Å². The van der Waals surface area contributed by atoms with Gasteiger partial charge in [0, 0.05) is 43.5 Å². The predicted octanol–water partition coefficient (Wildman–Crippen LogP) is 4.60. The molecule has 3 aromatic carbocycles. The lowest BCUT2D eigenvalue weighted by Crippen LogP contribution is -2.26. The standard InChI is InChI=1S/C20H24N2O.C7H8O3S/c1-21-11-16-13-22(14-17(16)12-21)18-8-9-19(20(10-18)23-2)15-6-4-3-5-7-15;1-6-2-4-7(5-3-6)11(8,9)10/h3-10,16-17H,11-14H2,1-2H3;2-5H,1H3,(H,8,9,10). The Labute approximate surface area is 202 Å². The summed E-state index contributed by atoms with van der Waals surface area (Å²) in [6.45, 7) is 6.65. The Bertz CT molecular complexity index is 1200. The Hall–Kier alpha value is -2.87. The molecule has 0 aliphatic carbocycles. The summed E-state index contributed by atoms with van der Waals surface area (Å²) < 4.78 is 35.2. The molecule has 2 aliphatic rings. The Kier molecular flexibility index (Phi) is 7.26. The van der Waals surface area contributed by atoms with Crippen LogP contribution in [0.2, 0.25) is 0 Å². The maximum atomic E-state index is 10.5. The lowest BCUT2D eigenvalue weighted by atomic mass is 10.0. The van der Waals surface area contributed by atoms with Gasteiger partial charge in [-0.15, -0.1) is 0 Å². The van der Waals surface area contributed by atoms with E-state index in [2.05, 4.69) is 59.3 Å². The number of fused-ring (bicyclic) bond motifs is 1. The molecule has 0 radical (unpaired) electrons. The molecule has 0 spiro atoms. The van der Waals surface area contributed by atoms with Crippen molar-refractivity contribution in [1.29, 1.82) is 0 Å². The van der Waals surface area contributed by atoms with Crippen molar-refractivity contribution in [1.82, 2.24) is 4.90 Å². The molecule has 0 bridgehead atoms. The molecule has 2 heterocycles. The Morgan fingerprint density at radius 3 is 2.06 bits per heavy atom. The summed E-state index contributed by atoms with van der Waals surface area (Å²) >= 11 is 0. The first-order valence-electron chi connectivity index (χ1n) is 11.5. The molecule has 2 aliphatic heterocycles. The highest BCUT2D eigenvalue weighted by Crippen LogP contribution is 2.37. The molecule has 7 heteroatoms. The van der Waals surface area contributed by atoms with Crippen LogP contribution in [0.5, 0.6) is 5.75 Å². The molecule has 1 N–H and O–H groups in total. The molecule has 0 saturated carbocycles. The Morgan fingerprint density at radius 1 is 0.882 bits per heavy atom. The van der Waals surface area contributed by atoms with Crippen LogP contribution in [0, 0.1) is 18.8 Å². The zero-order chi connectivity index (χ0) is 24.3. The summed E-state index contributed by atoms with van der Waals surface area (Å²) in [6.07, 6.45) is 0. The fourth-order valence-corrected chi connectivity index (χ4v) is 5.36. The summed E-state index contributed by atoms with van der Waals surface area (Å²) in [7, 11) is -0.0200. The van der Waals surface area contributed by atoms with Gasteiger partial charge in [0.1, 0.15) is 5.75 Å². The smallest absolute Gasteiger partial charge is 0.294 e. The minimum atomic E-state index is -4.02. The van der Waals surface area contributed by atoms with Crippen LogP contribution in [-0.2, 0) is 10.1 Å². The second-order valence-electron chi connectivity index (χ2n) is 9.19. The van der Waals surface area contributed by atoms with Gasteiger partial charge in [-0.05, 0) is 55.6 Å². The third kappa shape index (κ3) is 5.60. The number of hydrogen-bond acceptors (Lipinski definition) is 5. The fraction of sp³-hybridized carbons (Fsp3) is 0.333. The number of likely N-dealkylation sites (tertiary alicyclic amines) is 1. The van der Waals surface area contributed by atoms with Gasteiger partial charge in [0.2, 0.25) is 0 Å². The highest BCUT2D eigenvalue weighted by Gasteiger charge is 2.38. The molecule has 3 aromatic rings.